The zero-order chi connectivity index (χ0) is 16.4. The molecule has 116 valence electrons. The molecule has 0 unspecified atom stereocenters. The number of hydrogen-bond donors (Lipinski definition) is 2. The topological polar surface area (TPSA) is 32.8 Å². The summed E-state index contributed by atoms with van der Waals surface area (Å²) in [6, 6.07) is 16.3. The summed E-state index contributed by atoms with van der Waals surface area (Å²) in [7, 11) is 0. The van der Waals surface area contributed by atoms with Gasteiger partial charge in [-0.05, 0) is 37.6 Å². The van der Waals surface area contributed by atoms with E-state index in [1.54, 1.807) is 0 Å². The molecule has 0 spiro atoms. The molecule has 3 aromatic rings. The molecule has 0 amide bonds. The molecule has 0 atom stereocenters. The Morgan fingerprint density at radius 1 is 1.13 bits per heavy atom. The van der Waals surface area contributed by atoms with Gasteiger partial charge in [0.25, 0.3) is 0 Å². The lowest BCUT2D eigenvalue weighted by Crippen LogP contribution is -2.22. The maximum atomic E-state index is 5.58. The highest BCUT2D eigenvalue weighted by molar-refractivity contribution is 7.71. The number of H-pyrrole nitrogens is 1. The van der Waals surface area contributed by atoms with E-state index in [0.717, 1.165) is 21.9 Å². The number of aromatic amines is 1. The molecule has 1 heterocycles. The average molecular weight is 321 g/mol. The van der Waals surface area contributed by atoms with E-state index < -0.39 is 0 Å². The number of para-hydroxylation sites is 1. The maximum absolute atomic E-state index is 5.58. The minimum atomic E-state index is 0.707. The highest BCUT2D eigenvalue weighted by atomic mass is 32.1. The number of nitrogens with one attached hydrogen (secondary N) is 2. The molecule has 2 N–H and O–H groups in total. The molecule has 0 aliphatic carbocycles. The van der Waals surface area contributed by atoms with Crippen LogP contribution >= 0.6 is 12.2 Å². The molecule has 0 aliphatic rings. The number of aryl methyl sites for hydroxylation is 2. The fourth-order valence-corrected chi connectivity index (χ4v) is 2.86. The Labute approximate surface area is 140 Å². The number of nitrogens with zero attached hydrogens (tertiary/aromatic N) is 1. The van der Waals surface area contributed by atoms with Crippen molar-refractivity contribution in [2.75, 3.05) is 5.32 Å². The van der Waals surface area contributed by atoms with Crippen molar-refractivity contribution in [3.05, 3.63) is 74.9 Å². The van der Waals surface area contributed by atoms with Gasteiger partial charge < -0.3 is 5.32 Å². The number of anilines is 1. The predicted octanol–water partition coefficient (Wildman–Crippen LogP) is 3.41. The minimum absolute atomic E-state index is 0.707. The van der Waals surface area contributed by atoms with Crippen molar-refractivity contribution in [3.8, 4) is 5.69 Å². The van der Waals surface area contributed by atoms with Gasteiger partial charge in [-0.2, -0.15) is 0 Å². The molecule has 0 saturated heterocycles. The van der Waals surface area contributed by atoms with Gasteiger partial charge in [-0.15, -0.1) is 0 Å². The Balaban J connectivity index is 2.02. The molecule has 0 aliphatic heterocycles. The molecule has 3 nitrogen and oxygen atoms in total. The van der Waals surface area contributed by atoms with Gasteiger partial charge in [-0.1, -0.05) is 54.7 Å². The van der Waals surface area contributed by atoms with Crippen molar-refractivity contribution in [2.24, 2.45) is 0 Å². The van der Waals surface area contributed by atoms with Gasteiger partial charge >= 0.3 is 0 Å². The second kappa shape index (κ2) is 6.26. The highest BCUT2D eigenvalue weighted by Crippen LogP contribution is 2.15. The molecule has 2 aromatic carbocycles. The van der Waals surface area contributed by atoms with Crippen molar-refractivity contribution in [3.63, 3.8) is 0 Å². The SMILES string of the molecule is C=c1[nH]n(-c2ccccc2)c(=S)c1=CNc1ccc(C)cc1C. The first kappa shape index (κ1) is 15.3. The molecule has 0 radical (unpaired) electrons. The summed E-state index contributed by atoms with van der Waals surface area (Å²) in [6.07, 6.45) is 1.91. The summed E-state index contributed by atoms with van der Waals surface area (Å²) in [5, 5.41) is 8.24. The van der Waals surface area contributed by atoms with Crippen LogP contribution in [0.4, 0.5) is 5.69 Å². The van der Waals surface area contributed by atoms with Crippen LogP contribution in [0.2, 0.25) is 0 Å². The number of hydrogen-bond acceptors (Lipinski definition) is 2. The van der Waals surface area contributed by atoms with E-state index in [4.69, 9.17) is 12.2 Å². The van der Waals surface area contributed by atoms with Crippen LogP contribution in [0, 0.1) is 18.5 Å². The van der Waals surface area contributed by atoms with Gasteiger partial charge in [0, 0.05) is 11.9 Å². The average Bonchev–Trinajstić information content (AvgIpc) is 2.82. The quantitative estimate of drug-likeness (QED) is 0.725. The van der Waals surface area contributed by atoms with Crippen LogP contribution in [0.5, 0.6) is 0 Å². The van der Waals surface area contributed by atoms with Crippen molar-refractivity contribution in [1.82, 2.24) is 9.78 Å². The summed E-state index contributed by atoms with van der Waals surface area (Å²) < 4.78 is 2.58. The number of benzene rings is 2. The molecule has 1 aromatic heterocycles. The molecule has 23 heavy (non-hydrogen) atoms. The Bertz CT molecular complexity index is 997. The first-order valence-corrected chi connectivity index (χ1v) is 7.86. The van der Waals surface area contributed by atoms with Crippen LogP contribution in [0.15, 0.2) is 48.5 Å². The van der Waals surface area contributed by atoms with Crippen LogP contribution in [0.3, 0.4) is 0 Å². The van der Waals surface area contributed by atoms with Gasteiger partial charge in [-0.25, -0.2) is 4.68 Å². The molecule has 3 rings (SSSR count). The lowest BCUT2D eigenvalue weighted by atomic mass is 10.1. The minimum Gasteiger partial charge on any atom is -0.361 e. The van der Waals surface area contributed by atoms with Crippen molar-refractivity contribution in [2.45, 2.75) is 13.8 Å². The Kier molecular flexibility index (Phi) is 4.17. The predicted molar refractivity (Wildman–Crippen MR) is 99.7 cm³/mol. The van der Waals surface area contributed by atoms with E-state index in [0.29, 0.717) is 4.64 Å². The first-order valence-electron chi connectivity index (χ1n) is 7.45. The molecule has 0 bridgehead atoms. The highest BCUT2D eigenvalue weighted by Gasteiger charge is 2.01. The van der Waals surface area contributed by atoms with Crippen molar-refractivity contribution in [1.29, 1.82) is 0 Å². The summed E-state index contributed by atoms with van der Waals surface area (Å²) in [4.78, 5) is 0. The standard InChI is InChI=1S/C19H19N3S/c1-13-9-10-18(14(2)11-13)20-12-17-15(3)21-22(19(17)23)16-7-5-4-6-8-16/h4-12,20-21H,3H2,1-2H3. The van der Waals surface area contributed by atoms with E-state index in [2.05, 4.69) is 49.0 Å². The molecular formula is C19H19N3S. The Hall–Kier alpha value is -2.59. The van der Waals surface area contributed by atoms with E-state index in [1.807, 2.05) is 41.2 Å². The zero-order valence-corrected chi connectivity index (χ0v) is 14.1. The van der Waals surface area contributed by atoms with Crippen LogP contribution in [0.1, 0.15) is 11.1 Å². The van der Waals surface area contributed by atoms with Gasteiger partial charge in [-0.3, -0.25) is 5.10 Å². The summed E-state index contributed by atoms with van der Waals surface area (Å²) in [6.45, 7) is 8.24. The van der Waals surface area contributed by atoms with Gasteiger partial charge in [0.15, 0.2) is 0 Å². The second-order valence-electron chi connectivity index (χ2n) is 5.59. The van der Waals surface area contributed by atoms with Gasteiger partial charge in [0.2, 0.25) is 0 Å². The second-order valence-corrected chi connectivity index (χ2v) is 5.97. The van der Waals surface area contributed by atoms with Gasteiger partial charge in [0.1, 0.15) is 4.64 Å². The largest absolute Gasteiger partial charge is 0.361 e. The van der Waals surface area contributed by atoms with Gasteiger partial charge in [0.05, 0.1) is 16.3 Å². The van der Waals surface area contributed by atoms with Crippen molar-refractivity contribution < 1.29 is 0 Å². The molecular weight excluding hydrogens is 302 g/mol. The lowest BCUT2D eigenvalue weighted by molar-refractivity contribution is 0.857. The van der Waals surface area contributed by atoms with E-state index in [1.165, 1.54) is 11.1 Å². The van der Waals surface area contributed by atoms with Crippen LogP contribution in [-0.2, 0) is 0 Å². The van der Waals surface area contributed by atoms with E-state index in [-0.39, 0.29) is 0 Å². The smallest absolute Gasteiger partial charge is 0.136 e. The summed E-state index contributed by atoms with van der Waals surface area (Å²) in [5.41, 5.74) is 4.51. The lowest BCUT2D eigenvalue weighted by Gasteiger charge is -2.05. The Morgan fingerprint density at radius 3 is 2.57 bits per heavy atom. The summed E-state index contributed by atoms with van der Waals surface area (Å²) >= 11 is 5.58. The van der Waals surface area contributed by atoms with E-state index >= 15 is 0 Å². The summed E-state index contributed by atoms with van der Waals surface area (Å²) in [5.74, 6) is 0. The molecule has 0 fully saturated rings. The first-order chi connectivity index (χ1) is 11.1. The van der Waals surface area contributed by atoms with Crippen LogP contribution in [0.25, 0.3) is 18.5 Å². The van der Waals surface area contributed by atoms with E-state index in [9.17, 15) is 0 Å². The third-order valence-corrected chi connectivity index (χ3v) is 4.18. The third kappa shape index (κ3) is 3.12. The van der Waals surface area contributed by atoms with Crippen molar-refractivity contribution >= 4 is 30.7 Å². The normalized spacial score (nSPS) is 11.7. The Morgan fingerprint density at radius 2 is 1.87 bits per heavy atom. The fourth-order valence-electron chi connectivity index (χ4n) is 2.53. The monoisotopic (exact) mass is 321 g/mol. The molecule has 0 saturated carbocycles. The zero-order valence-electron chi connectivity index (χ0n) is 13.3. The number of aromatic nitrogens is 2. The van der Waals surface area contributed by atoms with Crippen LogP contribution in [-0.4, -0.2) is 9.78 Å². The molecule has 4 heteroatoms. The third-order valence-electron chi connectivity index (χ3n) is 3.77. The maximum Gasteiger partial charge on any atom is 0.136 e. The fraction of sp³-hybridized carbons (Fsp3) is 0.105. The van der Waals surface area contributed by atoms with Crippen LogP contribution < -0.4 is 15.9 Å². The number of rotatable bonds is 3.